The Morgan fingerprint density at radius 1 is 1.29 bits per heavy atom. The molecule has 21 heavy (non-hydrogen) atoms. The zero-order valence-corrected chi connectivity index (χ0v) is 13.6. The van der Waals surface area contributed by atoms with E-state index in [1.165, 1.54) is 0 Å². The van der Waals surface area contributed by atoms with Crippen molar-refractivity contribution < 1.29 is 4.79 Å². The molecule has 1 aliphatic carbocycles. The van der Waals surface area contributed by atoms with Gasteiger partial charge in [-0.05, 0) is 49.3 Å². The Morgan fingerprint density at radius 3 is 2.48 bits per heavy atom. The zero-order valence-electron chi connectivity index (χ0n) is 13.6. The normalized spacial score (nSPS) is 18.3. The van der Waals surface area contributed by atoms with Crippen molar-refractivity contribution >= 4 is 17.3 Å². The minimum absolute atomic E-state index is 0.0179. The highest BCUT2D eigenvalue weighted by molar-refractivity contribution is 6.00. The summed E-state index contributed by atoms with van der Waals surface area (Å²) >= 11 is 0. The predicted molar refractivity (Wildman–Crippen MR) is 88.7 cm³/mol. The number of hydrogen-bond acceptors (Lipinski definition) is 3. The van der Waals surface area contributed by atoms with Crippen molar-refractivity contribution in [3.8, 4) is 0 Å². The Balaban J connectivity index is 2.09. The largest absolute Gasteiger partial charge is 0.399 e. The average molecular weight is 289 g/mol. The average Bonchev–Trinajstić information content (AvgIpc) is 2.40. The van der Waals surface area contributed by atoms with Crippen LogP contribution in [0.3, 0.4) is 0 Å². The standard InChI is InChI=1S/C17H27N3O/c1-17(2)9-7-13(8-10-17)19-16(21)14-11-12(18)5-6-15(14)20(3)4/h5-6,11,13H,7-10,18H2,1-4H3,(H,19,21). The number of rotatable bonds is 3. The van der Waals surface area contributed by atoms with E-state index in [-0.39, 0.29) is 11.9 Å². The molecule has 1 saturated carbocycles. The van der Waals surface area contributed by atoms with Crippen molar-refractivity contribution in [3.63, 3.8) is 0 Å². The summed E-state index contributed by atoms with van der Waals surface area (Å²) in [5.74, 6) is -0.0179. The SMILES string of the molecule is CN(C)c1ccc(N)cc1C(=O)NC1CCC(C)(C)CC1. The van der Waals surface area contributed by atoms with Crippen molar-refractivity contribution in [1.82, 2.24) is 5.32 Å². The first-order valence-electron chi connectivity index (χ1n) is 7.66. The van der Waals surface area contributed by atoms with Crippen LogP contribution in [0.15, 0.2) is 18.2 Å². The van der Waals surface area contributed by atoms with Gasteiger partial charge >= 0.3 is 0 Å². The summed E-state index contributed by atoms with van der Waals surface area (Å²) < 4.78 is 0. The lowest BCUT2D eigenvalue weighted by Gasteiger charge is -2.34. The van der Waals surface area contributed by atoms with Crippen molar-refractivity contribution in [1.29, 1.82) is 0 Å². The zero-order chi connectivity index (χ0) is 15.6. The van der Waals surface area contributed by atoms with Crippen LogP contribution in [-0.2, 0) is 0 Å². The van der Waals surface area contributed by atoms with Gasteiger partial charge in [-0.3, -0.25) is 4.79 Å². The Morgan fingerprint density at radius 2 is 1.90 bits per heavy atom. The van der Waals surface area contributed by atoms with E-state index in [2.05, 4.69) is 19.2 Å². The molecule has 1 amide bonds. The van der Waals surface area contributed by atoms with Gasteiger partial charge in [0.1, 0.15) is 0 Å². The summed E-state index contributed by atoms with van der Waals surface area (Å²) in [6.07, 6.45) is 4.43. The number of nitrogen functional groups attached to an aromatic ring is 1. The first-order chi connectivity index (χ1) is 9.78. The summed E-state index contributed by atoms with van der Waals surface area (Å²) in [7, 11) is 3.87. The molecule has 1 aliphatic rings. The molecule has 4 heteroatoms. The number of nitrogens with two attached hydrogens (primary N) is 1. The number of hydrogen-bond donors (Lipinski definition) is 2. The van der Waals surface area contributed by atoms with Crippen LogP contribution in [0, 0.1) is 5.41 Å². The third kappa shape index (κ3) is 3.90. The van der Waals surface area contributed by atoms with E-state index in [0.29, 0.717) is 16.7 Å². The molecule has 0 aliphatic heterocycles. The minimum Gasteiger partial charge on any atom is -0.399 e. The second-order valence-corrected chi connectivity index (χ2v) is 7.08. The molecule has 2 rings (SSSR count). The molecule has 0 radical (unpaired) electrons. The molecule has 4 nitrogen and oxygen atoms in total. The highest BCUT2D eigenvalue weighted by atomic mass is 16.1. The first kappa shape index (κ1) is 15.7. The van der Waals surface area contributed by atoms with E-state index in [1.807, 2.05) is 31.1 Å². The maximum absolute atomic E-state index is 12.6. The van der Waals surface area contributed by atoms with Gasteiger partial charge in [-0.15, -0.1) is 0 Å². The number of nitrogens with one attached hydrogen (secondary N) is 1. The van der Waals surface area contributed by atoms with Gasteiger partial charge in [0, 0.05) is 31.5 Å². The summed E-state index contributed by atoms with van der Waals surface area (Å²) in [6, 6.07) is 5.77. The van der Waals surface area contributed by atoms with E-state index in [4.69, 9.17) is 5.73 Å². The van der Waals surface area contributed by atoms with Crippen LogP contribution in [-0.4, -0.2) is 26.0 Å². The molecule has 0 heterocycles. The van der Waals surface area contributed by atoms with E-state index in [1.54, 1.807) is 6.07 Å². The number of benzene rings is 1. The van der Waals surface area contributed by atoms with Gasteiger partial charge in [-0.2, -0.15) is 0 Å². The van der Waals surface area contributed by atoms with Crippen molar-refractivity contribution in [2.45, 2.75) is 45.6 Å². The molecule has 0 bridgehead atoms. The first-order valence-corrected chi connectivity index (χ1v) is 7.66. The lowest BCUT2D eigenvalue weighted by Crippen LogP contribution is -2.39. The third-order valence-corrected chi connectivity index (χ3v) is 4.42. The van der Waals surface area contributed by atoms with Crippen LogP contribution in [0.25, 0.3) is 0 Å². The van der Waals surface area contributed by atoms with Gasteiger partial charge < -0.3 is 16.0 Å². The Hall–Kier alpha value is -1.71. The number of carbonyl (C=O) groups excluding carboxylic acids is 1. The Kier molecular flexibility index (Phi) is 4.45. The summed E-state index contributed by atoms with van der Waals surface area (Å²) in [5, 5.41) is 3.17. The van der Waals surface area contributed by atoms with Gasteiger partial charge in [0.2, 0.25) is 0 Å². The van der Waals surface area contributed by atoms with Gasteiger partial charge in [0.25, 0.3) is 5.91 Å². The molecule has 0 atom stereocenters. The lowest BCUT2D eigenvalue weighted by atomic mass is 9.75. The van der Waals surface area contributed by atoms with Crippen LogP contribution in [0.5, 0.6) is 0 Å². The molecule has 1 fully saturated rings. The molecule has 0 aromatic heterocycles. The van der Waals surface area contributed by atoms with E-state index < -0.39 is 0 Å². The molecule has 3 N–H and O–H groups in total. The van der Waals surface area contributed by atoms with Gasteiger partial charge in [0.15, 0.2) is 0 Å². The Labute approximate surface area is 127 Å². The number of carbonyl (C=O) groups is 1. The fourth-order valence-electron chi connectivity index (χ4n) is 2.93. The number of amides is 1. The highest BCUT2D eigenvalue weighted by Gasteiger charge is 2.28. The summed E-state index contributed by atoms with van der Waals surface area (Å²) in [6.45, 7) is 4.60. The minimum atomic E-state index is -0.0179. The smallest absolute Gasteiger partial charge is 0.253 e. The molecular formula is C17H27N3O. The number of nitrogens with zero attached hydrogens (tertiary/aromatic N) is 1. The van der Waals surface area contributed by atoms with Gasteiger partial charge in [-0.25, -0.2) is 0 Å². The van der Waals surface area contributed by atoms with Crippen LogP contribution < -0.4 is 16.0 Å². The molecule has 0 unspecified atom stereocenters. The van der Waals surface area contributed by atoms with Crippen LogP contribution in [0.1, 0.15) is 49.9 Å². The maximum atomic E-state index is 12.6. The van der Waals surface area contributed by atoms with Gasteiger partial charge in [-0.1, -0.05) is 13.8 Å². The maximum Gasteiger partial charge on any atom is 0.253 e. The quantitative estimate of drug-likeness (QED) is 0.841. The fourth-order valence-corrected chi connectivity index (χ4v) is 2.93. The lowest BCUT2D eigenvalue weighted by molar-refractivity contribution is 0.0909. The predicted octanol–water partition coefficient (Wildman–Crippen LogP) is 3.03. The summed E-state index contributed by atoms with van der Waals surface area (Å²) in [4.78, 5) is 14.5. The summed E-state index contributed by atoms with van der Waals surface area (Å²) in [5.41, 5.74) is 8.42. The molecular weight excluding hydrogens is 262 g/mol. The fraction of sp³-hybridized carbons (Fsp3) is 0.588. The monoisotopic (exact) mass is 289 g/mol. The second-order valence-electron chi connectivity index (χ2n) is 7.08. The van der Waals surface area contributed by atoms with Crippen LogP contribution >= 0.6 is 0 Å². The van der Waals surface area contributed by atoms with E-state index in [0.717, 1.165) is 31.4 Å². The molecule has 0 saturated heterocycles. The van der Waals surface area contributed by atoms with Crippen LogP contribution in [0.4, 0.5) is 11.4 Å². The molecule has 116 valence electrons. The van der Waals surface area contributed by atoms with Crippen molar-refractivity contribution in [2.24, 2.45) is 5.41 Å². The molecule has 1 aromatic rings. The van der Waals surface area contributed by atoms with E-state index in [9.17, 15) is 4.79 Å². The Bertz CT molecular complexity index is 513. The molecule has 0 spiro atoms. The van der Waals surface area contributed by atoms with E-state index >= 15 is 0 Å². The van der Waals surface area contributed by atoms with Gasteiger partial charge in [0.05, 0.1) is 5.56 Å². The third-order valence-electron chi connectivity index (χ3n) is 4.42. The molecule has 1 aromatic carbocycles. The number of anilines is 2. The van der Waals surface area contributed by atoms with Crippen LogP contribution in [0.2, 0.25) is 0 Å². The van der Waals surface area contributed by atoms with Crippen molar-refractivity contribution in [3.05, 3.63) is 23.8 Å². The second kappa shape index (κ2) is 5.96. The van der Waals surface area contributed by atoms with Crippen molar-refractivity contribution in [2.75, 3.05) is 24.7 Å². The topological polar surface area (TPSA) is 58.4 Å². The highest BCUT2D eigenvalue weighted by Crippen LogP contribution is 2.35.